The molecule has 142 valence electrons. The van der Waals surface area contributed by atoms with Crippen molar-refractivity contribution in [3.05, 3.63) is 42.0 Å². The van der Waals surface area contributed by atoms with Gasteiger partial charge >= 0.3 is 0 Å². The van der Waals surface area contributed by atoms with Gasteiger partial charge in [-0.1, -0.05) is 18.9 Å². The molecule has 2 fully saturated rings. The molecular weight excluding hydrogens is 338 g/mol. The summed E-state index contributed by atoms with van der Waals surface area (Å²) in [7, 11) is 0. The van der Waals surface area contributed by atoms with Crippen LogP contribution in [0.15, 0.2) is 30.5 Å². The van der Waals surface area contributed by atoms with Crippen LogP contribution >= 0.6 is 0 Å². The Morgan fingerprint density at radius 1 is 1.11 bits per heavy atom. The van der Waals surface area contributed by atoms with Gasteiger partial charge in [-0.25, -0.2) is 15.0 Å². The van der Waals surface area contributed by atoms with Crippen molar-refractivity contribution in [2.45, 2.75) is 51.4 Å². The smallest absolute Gasteiger partial charge is 0.225 e. The van der Waals surface area contributed by atoms with Crippen LogP contribution in [0.5, 0.6) is 0 Å². The number of aromatic nitrogens is 3. The molecule has 0 aromatic carbocycles. The first-order valence-electron chi connectivity index (χ1n) is 10.0. The molecule has 1 aliphatic heterocycles. The van der Waals surface area contributed by atoms with Crippen LogP contribution in [0.1, 0.15) is 56.0 Å². The minimum Gasteiger partial charge on any atom is -0.342 e. The van der Waals surface area contributed by atoms with Crippen molar-refractivity contribution < 1.29 is 4.79 Å². The maximum absolute atomic E-state index is 12.8. The minimum atomic E-state index is 0.202. The van der Waals surface area contributed by atoms with Gasteiger partial charge in [0.2, 0.25) is 5.91 Å². The van der Waals surface area contributed by atoms with Gasteiger partial charge in [-0.2, -0.15) is 0 Å². The lowest BCUT2D eigenvalue weighted by Crippen LogP contribution is -2.42. The summed E-state index contributed by atoms with van der Waals surface area (Å²) in [6.07, 6.45) is 8.29. The Kier molecular flexibility index (Phi) is 5.32. The first-order chi connectivity index (χ1) is 13.2. The Bertz CT molecular complexity index is 788. The number of hydrogen-bond acceptors (Lipinski definition) is 5. The Balaban J connectivity index is 1.49. The van der Waals surface area contributed by atoms with Gasteiger partial charge in [-0.3, -0.25) is 4.79 Å². The summed E-state index contributed by atoms with van der Waals surface area (Å²) in [6.45, 7) is 3.59. The van der Waals surface area contributed by atoms with Crippen LogP contribution in [0.4, 0.5) is 11.6 Å². The Labute approximate surface area is 160 Å². The Morgan fingerprint density at radius 2 is 1.96 bits per heavy atom. The molecule has 1 saturated heterocycles. The zero-order valence-electron chi connectivity index (χ0n) is 15.9. The van der Waals surface area contributed by atoms with Gasteiger partial charge in [0.1, 0.15) is 17.5 Å². The Morgan fingerprint density at radius 3 is 2.74 bits per heavy atom. The lowest BCUT2D eigenvalue weighted by Gasteiger charge is -2.33. The molecule has 1 amide bonds. The van der Waals surface area contributed by atoms with Gasteiger partial charge in [-0.15, -0.1) is 0 Å². The van der Waals surface area contributed by atoms with Crippen molar-refractivity contribution in [2.75, 3.05) is 18.4 Å². The number of pyridine rings is 1. The molecule has 0 bridgehead atoms. The van der Waals surface area contributed by atoms with Gasteiger partial charge in [0, 0.05) is 42.9 Å². The summed E-state index contributed by atoms with van der Waals surface area (Å²) in [5.41, 5.74) is 0.928. The number of nitrogens with one attached hydrogen (secondary N) is 1. The lowest BCUT2D eigenvalue weighted by atomic mass is 9.95. The molecule has 1 N–H and O–H groups in total. The van der Waals surface area contributed by atoms with E-state index in [4.69, 9.17) is 4.98 Å². The highest BCUT2D eigenvalue weighted by Gasteiger charge is 2.32. The second kappa shape index (κ2) is 8.03. The fraction of sp³-hybridized carbons (Fsp3) is 0.524. The number of aryl methyl sites for hydroxylation is 1. The van der Waals surface area contributed by atoms with Crippen molar-refractivity contribution in [1.82, 2.24) is 19.9 Å². The third-order valence-electron chi connectivity index (χ3n) is 5.60. The SMILES string of the molecule is Cc1cc(Nc2ccccn2)nc([C@H]2CCCN(C(=O)C3CCCC3)C2)n1. The standard InChI is InChI=1S/C21H27N5O/c1-15-13-19(24-18-10-4-5-11-22-18)25-20(23-15)17-9-6-12-26(14-17)21(27)16-7-2-3-8-16/h4-5,10-11,13,16-17H,2-3,6-9,12,14H2,1H3,(H,22,23,24,25)/t17-/m0/s1. The van der Waals surface area contributed by atoms with Gasteiger partial charge in [0.15, 0.2) is 0 Å². The second-order valence-corrected chi connectivity index (χ2v) is 7.70. The van der Waals surface area contributed by atoms with E-state index in [2.05, 4.69) is 20.2 Å². The van der Waals surface area contributed by atoms with E-state index in [1.807, 2.05) is 31.2 Å². The maximum Gasteiger partial charge on any atom is 0.225 e. The van der Waals surface area contributed by atoms with Crippen LogP contribution in [0, 0.1) is 12.8 Å². The normalized spacial score (nSPS) is 20.6. The number of carbonyl (C=O) groups is 1. The molecule has 6 heteroatoms. The number of carbonyl (C=O) groups excluding carboxylic acids is 1. The summed E-state index contributed by atoms with van der Waals surface area (Å²) in [6, 6.07) is 7.68. The number of nitrogens with zero attached hydrogens (tertiary/aromatic N) is 4. The fourth-order valence-corrected chi connectivity index (χ4v) is 4.23. The fourth-order valence-electron chi connectivity index (χ4n) is 4.23. The van der Waals surface area contributed by atoms with E-state index in [-0.39, 0.29) is 11.8 Å². The van der Waals surface area contributed by atoms with Crippen molar-refractivity contribution in [3.63, 3.8) is 0 Å². The molecule has 1 saturated carbocycles. The highest BCUT2D eigenvalue weighted by molar-refractivity contribution is 5.79. The van der Waals surface area contributed by atoms with E-state index in [9.17, 15) is 4.79 Å². The summed E-state index contributed by atoms with van der Waals surface area (Å²) < 4.78 is 0. The highest BCUT2D eigenvalue weighted by Crippen LogP contribution is 2.31. The average molecular weight is 365 g/mol. The number of amides is 1. The maximum atomic E-state index is 12.8. The Hall–Kier alpha value is -2.50. The number of piperidine rings is 1. The van der Waals surface area contributed by atoms with Gasteiger partial charge in [0.25, 0.3) is 0 Å². The van der Waals surface area contributed by atoms with E-state index in [1.54, 1.807) is 6.20 Å². The highest BCUT2D eigenvalue weighted by atomic mass is 16.2. The minimum absolute atomic E-state index is 0.202. The number of rotatable bonds is 4. The molecule has 2 aliphatic rings. The first-order valence-corrected chi connectivity index (χ1v) is 10.0. The van der Waals surface area contributed by atoms with Crippen molar-refractivity contribution in [3.8, 4) is 0 Å². The second-order valence-electron chi connectivity index (χ2n) is 7.70. The van der Waals surface area contributed by atoms with E-state index in [0.717, 1.165) is 61.9 Å². The van der Waals surface area contributed by atoms with Crippen molar-refractivity contribution in [2.24, 2.45) is 5.92 Å². The zero-order chi connectivity index (χ0) is 18.6. The molecule has 2 aromatic heterocycles. The van der Waals surface area contributed by atoms with Crippen LogP contribution in [-0.2, 0) is 4.79 Å². The molecule has 0 spiro atoms. The van der Waals surface area contributed by atoms with Crippen molar-refractivity contribution in [1.29, 1.82) is 0 Å². The molecule has 0 radical (unpaired) electrons. The quantitative estimate of drug-likeness (QED) is 0.892. The van der Waals surface area contributed by atoms with E-state index < -0.39 is 0 Å². The average Bonchev–Trinajstić information content (AvgIpc) is 3.23. The van der Waals surface area contributed by atoms with Crippen LogP contribution in [0.25, 0.3) is 0 Å². The van der Waals surface area contributed by atoms with E-state index >= 15 is 0 Å². The number of hydrogen-bond donors (Lipinski definition) is 1. The number of likely N-dealkylation sites (tertiary alicyclic amines) is 1. The topological polar surface area (TPSA) is 71.0 Å². The predicted molar refractivity (Wildman–Crippen MR) is 105 cm³/mol. The predicted octanol–water partition coefficient (Wildman–Crippen LogP) is 3.82. The lowest BCUT2D eigenvalue weighted by molar-refractivity contribution is -0.136. The third-order valence-corrected chi connectivity index (χ3v) is 5.60. The zero-order valence-corrected chi connectivity index (χ0v) is 15.9. The van der Waals surface area contributed by atoms with E-state index in [0.29, 0.717) is 5.91 Å². The van der Waals surface area contributed by atoms with Gasteiger partial charge in [-0.05, 0) is 44.7 Å². The van der Waals surface area contributed by atoms with Crippen LogP contribution in [0.3, 0.4) is 0 Å². The molecule has 0 unspecified atom stereocenters. The van der Waals surface area contributed by atoms with Crippen molar-refractivity contribution >= 4 is 17.5 Å². The molecule has 27 heavy (non-hydrogen) atoms. The summed E-state index contributed by atoms with van der Waals surface area (Å²) in [5, 5.41) is 3.26. The van der Waals surface area contributed by atoms with Gasteiger partial charge < -0.3 is 10.2 Å². The van der Waals surface area contributed by atoms with Gasteiger partial charge in [0.05, 0.1) is 0 Å². The van der Waals surface area contributed by atoms with E-state index in [1.165, 1.54) is 12.8 Å². The molecule has 1 aliphatic carbocycles. The molecular formula is C21H27N5O. The molecule has 4 rings (SSSR count). The molecule has 3 heterocycles. The van der Waals surface area contributed by atoms with Crippen LogP contribution in [-0.4, -0.2) is 38.8 Å². The van der Waals surface area contributed by atoms with Crippen LogP contribution in [0.2, 0.25) is 0 Å². The largest absolute Gasteiger partial charge is 0.342 e. The molecule has 1 atom stereocenters. The molecule has 6 nitrogen and oxygen atoms in total. The molecule has 2 aromatic rings. The third kappa shape index (κ3) is 4.26. The number of anilines is 2. The summed E-state index contributed by atoms with van der Waals surface area (Å²) in [4.78, 5) is 28.6. The first kappa shape index (κ1) is 17.9. The summed E-state index contributed by atoms with van der Waals surface area (Å²) in [5.74, 6) is 3.14. The van der Waals surface area contributed by atoms with Crippen LogP contribution < -0.4 is 5.32 Å². The monoisotopic (exact) mass is 365 g/mol. The summed E-state index contributed by atoms with van der Waals surface area (Å²) >= 11 is 0.